The molecule has 5 nitrogen and oxygen atoms in total. The summed E-state index contributed by atoms with van der Waals surface area (Å²) in [5.41, 5.74) is 4.90. The minimum Gasteiger partial charge on any atom is -0.355 e. The van der Waals surface area contributed by atoms with Crippen molar-refractivity contribution in [2.45, 2.75) is 26.8 Å². The number of aromatic nitrogens is 2. The van der Waals surface area contributed by atoms with E-state index in [0.29, 0.717) is 5.82 Å². The maximum absolute atomic E-state index is 5.52. The average Bonchev–Trinajstić information content (AvgIpc) is 2.91. The van der Waals surface area contributed by atoms with Crippen LogP contribution in [0.5, 0.6) is 0 Å². The van der Waals surface area contributed by atoms with Gasteiger partial charge in [0.1, 0.15) is 17.5 Å². The molecule has 0 saturated heterocycles. The van der Waals surface area contributed by atoms with Crippen LogP contribution >= 0.6 is 11.3 Å². The van der Waals surface area contributed by atoms with Crippen LogP contribution in [0.25, 0.3) is 0 Å². The molecule has 2 aromatic rings. The van der Waals surface area contributed by atoms with E-state index in [-0.39, 0.29) is 0 Å². The molecule has 0 aliphatic carbocycles. The molecule has 0 saturated carbocycles. The first-order chi connectivity index (χ1) is 9.15. The fraction of sp³-hybridized carbons (Fsp3) is 0.385. The van der Waals surface area contributed by atoms with Gasteiger partial charge in [0, 0.05) is 25.6 Å². The summed E-state index contributed by atoms with van der Waals surface area (Å²) in [5, 5.41) is 4.23. The van der Waals surface area contributed by atoms with Crippen molar-refractivity contribution in [3.05, 3.63) is 33.8 Å². The van der Waals surface area contributed by atoms with E-state index in [0.717, 1.165) is 30.2 Å². The van der Waals surface area contributed by atoms with Crippen LogP contribution in [-0.4, -0.2) is 17.0 Å². The Kier molecular flexibility index (Phi) is 4.34. The molecule has 2 rings (SSSR count). The molecular weight excluding hydrogens is 258 g/mol. The molecule has 2 heterocycles. The van der Waals surface area contributed by atoms with E-state index in [2.05, 4.69) is 37.1 Å². The minimum atomic E-state index is 0.694. The van der Waals surface area contributed by atoms with Gasteiger partial charge in [-0.25, -0.2) is 15.8 Å². The summed E-state index contributed by atoms with van der Waals surface area (Å²) in [6.45, 7) is 4.84. The van der Waals surface area contributed by atoms with Crippen LogP contribution < -0.4 is 16.2 Å². The molecule has 0 aromatic carbocycles. The van der Waals surface area contributed by atoms with E-state index in [4.69, 9.17) is 5.84 Å². The Labute approximate surface area is 117 Å². The smallest absolute Gasteiger partial charge is 0.148 e. The number of hydrazine groups is 1. The number of aryl methyl sites for hydroxylation is 1. The lowest BCUT2D eigenvalue weighted by Gasteiger charge is -2.21. The summed E-state index contributed by atoms with van der Waals surface area (Å²) in [6.07, 6.45) is 0.786. The van der Waals surface area contributed by atoms with Crippen molar-refractivity contribution in [3.8, 4) is 0 Å². The fourth-order valence-electron chi connectivity index (χ4n) is 1.95. The highest BCUT2D eigenvalue weighted by molar-refractivity contribution is 7.07. The lowest BCUT2D eigenvalue weighted by Crippen LogP contribution is -2.21. The number of anilines is 2. The largest absolute Gasteiger partial charge is 0.355 e. The van der Waals surface area contributed by atoms with Crippen molar-refractivity contribution in [3.63, 3.8) is 0 Å². The molecule has 19 heavy (non-hydrogen) atoms. The second-order valence-electron chi connectivity index (χ2n) is 4.42. The second-order valence-corrected chi connectivity index (χ2v) is 5.20. The molecule has 0 bridgehead atoms. The summed E-state index contributed by atoms with van der Waals surface area (Å²) in [7, 11) is 2.03. The summed E-state index contributed by atoms with van der Waals surface area (Å²) in [5.74, 6) is 7.93. The van der Waals surface area contributed by atoms with E-state index in [1.165, 1.54) is 5.56 Å². The fourth-order valence-corrected chi connectivity index (χ4v) is 2.61. The predicted octanol–water partition coefficient (Wildman–Crippen LogP) is 2.33. The highest BCUT2D eigenvalue weighted by Crippen LogP contribution is 2.24. The zero-order valence-corrected chi connectivity index (χ0v) is 12.3. The van der Waals surface area contributed by atoms with Gasteiger partial charge >= 0.3 is 0 Å². The molecule has 0 unspecified atom stereocenters. The van der Waals surface area contributed by atoms with Crippen LogP contribution in [0.1, 0.15) is 23.9 Å². The highest BCUT2D eigenvalue weighted by Gasteiger charge is 2.13. The maximum atomic E-state index is 5.52. The zero-order chi connectivity index (χ0) is 13.8. The average molecular weight is 277 g/mol. The third kappa shape index (κ3) is 3.02. The van der Waals surface area contributed by atoms with Gasteiger partial charge in [0.15, 0.2) is 0 Å². The molecule has 0 atom stereocenters. The zero-order valence-electron chi connectivity index (χ0n) is 11.5. The number of nitrogen functional groups attached to an aromatic ring is 1. The number of nitrogens with two attached hydrogens (primary N) is 1. The van der Waals surface area contributed by atoms with Crippen LogP contribution in [0.4, 0.5) is 11.6 Å². The summed E-state index contributed by atoms with van der Waals surface area (Å²) in [6, 6.07) is 2.13. The first-order valence-corrected chi connectivity index (χ1v) is 7.16. The first kappa shape index (κ1) is 13.8. The topological polar surface area (TPSA) is 67.1 Å². The van der Waals surface area contributed by atoms with E-state index >= 15 is 0 Å². The standard InChI is InChI=1S/C13H19N5S/c1-4-11-15-12(17-14)9(2)13(16-11)18(3)7-10-5-6-19-8-10/h5-6,8H,4,7,14H2,1-3H3,(H,15,16,17). The lowest BCUT2D eigenvalue weighted by molar-refractivity contribution is 0.851. The lowest BCUT2D eigenvalue weighted by atomic mass is 10.2. The summed E-state index contributed by atoms with van der Waals surface area (Å²) < 4.78 is 0. The van der Waals surface area contributed by atoms with Gasteiger partial charge in [0.25, 0.3) is 0 Å². The molecule has 0 amide bonds. The Morgan fingerprint density at radius 2 is 2.21 bits per heavy atom. The minimum absolute atomic E-state index is 0.694. The molecule has 6 heteroatoms. The van der Waals surface area contributed by atoms with Crippen molar-refractivity contribution < 1.29 is 0 Å². The van der Waals surface area contributed by atoms with E-state index in [1.807, 2.05) is 20.9 Å². The molecule has 0 aliphatic heterocycles. The van der Waals surface area contributed by atoms with Crippen molar-refractivity contribution >= 4 is 23.0 Å². The van der Waals surface area contributed by atoms with Gasteiger partial charge in [0.05, 0.1) is 0 Å². The third-order valence-corrected chi connectivity index (χ3v) is 3.71. The number of hydrogen-bond donors (Lipinski definition) is 2. The van der Waals surface area contributed by atoms with Gasteiger partial charge in [0.2, 0.25) is 0 Å². The van der Waals surface area contributed by atoms with Crippen LogP contribution in [0.15, 0.2) is 16.8 Å². The first-order valence-electron chi connectivity index (χ1n) is 6.22. The molecule has 2 aromatic heterocycles. The predicted molar refractivity (Wildman–Crippen MR) is 80.4 cm³/mol. The molecule has 0 radical (unpaired) electrons. The number of nitrogens with zero attached hydrogens (tertiary/aromatic N) is 3. The summed E-state index contributed by atoms with van der Waals surface area (Å²) in [4.78, 5) is 11.1. The van der Waals surface area contributed by atoms with Gasteiger partial charge in [-0.2, -0.15) is 11.3 Å². The number of nitrogens with one attached hydrogen (secondary N) is 1. The Balaban J connectivity index is 2.31. The normalized spacial score (nSPS) is 10.5. The van der Waals surface area contributed by atoms with E-state index in [9.17, 15) is 0 Å². The van der Waals surface area contributed by atoms with Gasteiger partial charge in [-0.15, -0.1) is 0 Å². The van der Waals surface area contributed by atoms with Crippen LogP contribution in [0.3, 0.4) is 0 Å². The SMILES string of the molecule is CCc1nc(NN)c(C)c(N(C)Cc2ccsc2)n1. The van der Waals surface area contributed by atoms with Gasteiger partial charge < -0.3 is 10.3 Å². The molecule has 102 valence electrons. The second kappa shape index (κ2) is 5.99. The van der Waals surface area contributed by atoms with Crippen molar-refractivity contribution in [2.24, 2.45) is 5.84 Å². The molecule has 0 aliphatic rings. The molecular formula is C13H19N5S. The van der Waals surface area contributed by atoms with Crippen molar-refractivity contribution in [1.82, 2.24) is 9.97 Å². The maximum Gasteiger partial charge on any atom is 0.148 e. The van der Waals surface area contributed by atoms with Gasteiger partial charge in [-0.3, -0.25) is 0 Å². The third-order valence-electron chi connectivity index (χ3n) is 2.98. The number of rotatable bonds is 5. The van der Waals surface area contributed by atoms with Crippen molar-refractivity contribution in [1.29, 1.82) is 0 Å². The van der Waals surface area contributed by atoms with E-state index in [1.54, 1.807) is 11.3 Å². The highest BCUT2D eigenvalue weighted by atomic mass is 32.1. The Hall–Kier alpha value is -1.66. The molecule has 0 fully saturated rings. The number of thiophene rings is 1. The number of hydrogen-bond acceptors (Lipinski definition) is 6. The van der Waals surface area contributed by atoms with Gasteiger partial charge in [-0.05, 0) is 29.3 Å². The Morgan fingerprint density at radius 3 is 2.79 bits per heavy atom. The summed E-state index contributed by atoms with van der Waals surface area (Å²) >= 11 is 1.70. The monoisotopic (exact) mass is 277 g/mol. The van der Waals surface area contributed by atoms with Crippen LogP contribution in [0, 0.1) is 6.92 Å². The quantitative estimate of drug-likeness (QED) is 0.648. The Morgan fingerprint density at radius 1 is 1.42 bits per heavy atom. The molecule has 3 N–H and O–H groups in total. The van der Waals surface area contributed by atoms with Gasteiger partial charge in [-0.1, -0.05) is 6.92 Å². The van der Waals surface area contributed by atoms with E-state index < -0.39 is 0 Å². The van der Waals surface area contributed by atoms with Crippen LogP contribution in [-0.2, 0) is 13.0 Å². The molecule has 0 spiro atoms. The van der Waals surface area contributed by atoms with Crippen molar-refractivity contribution in [2.75, 3.05) is 17.4 Å². The van der Waals surface area contributed by atoms with Crippen LogP contribution in [0.2, 0.25) is 0 Å². The Bertz CT molecular complexity index is 538.